The summed E-state index contributed by atoms with van der Waals surface area (Å²) in [6, 6.07) is -18.0. The summed E-state index contributed by atoms with van der Waals surface area (Å²) in [5.74, 6) is -16.3. The fourth-order valence-electron chi connectivity index (χ4n) is 9.46. The van der Waals surface area contributed by atoms with E-state index in [2.05, 4.69) is 86.4 Å². The number of aromatic amines is 1. The maximum Gasteiger partial charge on any atom is 0.326 e. The van der Waals surface area contributed by atoms with Gasteiger partial charge in [-0.3, -0.25) is 71.9 Å². The van der Waals surface area contributed by atoms with Crippen molar-refractivity contribution in [3.05, 3.63) is 18.2 Å². The van der Waals surface area contributed by atoms with E-state index in [0.29, 0.717) is 17.9 Å². The minimum absolute atomic E-state index is 0.00403. The molecule has 1 aliphatic heterocycles. The Bertz CT molecular complexity index is 2910. The first-order chi connectivity index (χ1) is 46.2. The Kier molecular flexibility index (Phi) is 38.5. The number of aromatic nitrogens is 2. The summed E-state index contributed by atoms with van der Waals surface area (Å²) in [7, 11) is 0. The molecule has 39 nitrogen and oxygen atoms in total. The molecule has 13 atom stereocenters. The van der Waals surface area contributed by atoms with Gasteiger partial charge in [-0.05, 0) is 89.7 Å². The number of hydrogen-bond donors (Lipinski definition) is 22. The molecule has 1 aromatic heterocycles. The molecule has 0 aliphatic carbocycles. The molecule has 2 rings (SSSR count). The highest BCUT2D eigenvalue weighted by Gasteiger charge is 2.42. The van der Waals surface area contributed by atoms with Crippen molar-refractivity contribution >= 4 is 119 Å². The summed E-state index contributed by atoms with van der Waals surface area (Å²) in [5.41, 5.74) is 22.3. The SMILES string of the molecule is CSCC[C@H](NC(=O)CNC(=O)[C@H](CC(C)C)NC(=O)[C@@H]1CCCN1C(=O)[C@@H](NC(=O)[C@H](CCC(N)=O)NC(=O)[C@H](CS)NC(=O)[C@H](CCCCN)NC(=O)[C@H](CC(N)=O)NC(=O)[C@@H](N)CO)[C@@H](C)O)C(=O)N[C@@H](C)C(=O)N[C@@H](CO)C(=O)NCC(=O)N[C@@H](Cc1cnc[nH]1)C(=O)O. The first kappa shape index (κ1) is 85.3. The number of H-pyrrole nitrogens is 1. The molecule has 2 heterocycles. The quantitative estimate of drug-likeness (QED) is 0.0213. The number of primary amides is 2. The number of imidazole rings is 1. The molecule has 1 saturated heterocycles. The summed E-state index contributed by atoms with van der Waals surface area (Å²) >= 11 is 5.49. The zero-order valence-corrected chi connectivity index (χ0v) is 56.8. The molecule has 1 aliphatic rings. The van der Waals surface area contributed by atoms with Crippen LogP contribution in [0.4, 0.5) is 0 Å². The highest BCUT2D eigenvalue weighted by molar-refractivity contribution is 7.98. The predicted molar refractivity (Wildman–Crippen MR) is 351 cm³/mol. The standard InChI is InChI=1S/C57H95N19O20S2/c1-27(2)17-35(48(86)63-21-43(82)67-34(13-16-98-5)50(88)66-28(3)46(84)73-38(24-78)49(87)64-22-44(83)68-37(57(95)96)18-30-20-62-26-65-30)72-55(93)40-10-8-15-76(40)56(94)45(29(4)79)75-52(90)33(11-12-41(60)80)70-54(92)39(25-97)74-51(89)32(9-6-7-14-58)69-53(91)36(19-42(61)81)71-47(85)31(59)23-77/h20,26-29,31-40,45,77-79,97H,6-19,21-25,58-59H2,1-5H3,(H2,60,80)(H2,61,81)(H,62,65)(H,63,86)(H,64,87)(H,66,88)(H,67,82)(H,68,83)(H,69,91)(H,70,92)(H,71,85)(H,72,93)(H,73,84)(H,74,89)(H,75,90)(H,95,96)/t28-,29+,31-,32-,33-,34-,35-,36-,37-,38-,39-,40-,45-/m0/s1. The predicted octanol–water partition coefficient (Wildman–Crippen LogP) is -10.2. The summed E-state index contributed by atoms with van der Waals surface area (Å²) in [4.78, 5) is 218. The fourth-order valence-corrected chi connectivity index (χ4v) is 10.2. The van der Waals surface area contributed by atoms with E-state index >= 15 is 0 Å². The number of nitrogens with one attached hydrogen (secondary N) is 13. The molecule has 0 radical (unpaired) electrons. The van der Waals surface area contributed by atoms with Gasteiger partial charge in [-0.1, -0.05) is 13.8 Å². The zero-order chi connectivity index (χ0) is 73.9. The van der Waals surface area contributed by atoms with E-state index in [0.717, 1.165) is 11.8 Å². The fraction of sp³-hybridized carbons (Fsp3) is 0.667. The van der Waals surface area contributed by atoms with Gasteiger partial charge in [0.2, 0.25) is 88.6 Å². The zero-order valence-electron chi connectivity index (χ0n) is 55.1. The number of aliphatic hydroxyl groups is 3. The highest BCUT2D eigenvalue weighted by atomic mass is 32.2. The Labute approximate surface area is 573 Å². The Morgan fingerprint density at radius 3 is 1.71 bits per heavy atom. The molecule has 41 heteroatoms. The number of likely N-dealkylation sites (tertiary alicyclic amines) is 1. The Hall–Kier alpha value is -8.77. The second-order valence-corrected chi connectivity index (χ2v) is 24.7. The van der Waals surface area contributed by atoms with Gasteiger partial charge in [0.25, 0.3) is 0 Å². The molecule has 15 amide bonds. The maximum absolute atomic E-state index is 14.3. The van der Waals surface area contributed by atoms with E-state index in [9.17, 15) is 97.1 Å². The second kappa shape index (κ2) is 44.2. The Balaban J connectivity index is 2.19. The van der Waals surface area contributed by atoms with Crippen LogP contribution in [0.2, 0.25) is 0 Å². The van der Waals surface area contributed by atoms with E-state index in [1.807, 2.05) is 0 Å². The first-order valence-electron chi connectivity index (χ1n) is 31.3. The largest absolute Gasteiger partial charge is 0.480 e. The smallest absolute Gasteiger partial charge is 0.326 e. The minimum atomic E-state index is -1.81. The van der Waals surface area contributed by atoms with E-state index in [1.165, 1.54) is 31.2 Å². The van der Waals surface area contributed by atoms with Crippen LogP contribution < -0.4 is 86.7 Å². The molecule has 0 unspecified atom stereocenters. The Morgan fingerprint density at radius 2 is 1.18 bits per heavy atom. The third-order valence-corrected chi connectivity index (χ3v) is 15.8. The van der Waals surface area contributed by atoms with Gasteiger partial charge in [-0.15, -0.1) is 0 Å². The van der Waals surface area contributed by atoms with Gasteiger partial charge in [0.05, 0.1) is 45.2 Å². The van der Waals surface area contributed by atoms with Gasteiger partial charge in [-0.25, -0.2) is 9.78 Å². The van der Waals surface area contributed by atoms with Crippen LogP contribution in [0, 0.1) is 5.92 Å². The van der Waals surface area contributed by atoms with Crippen molar-refractivity contribution in [2.75, 3.05) is 57.2 Å². The van der Waals surface area contributed by atoms with Crippen molar-refractivity contribution in [3.8, 4) is 0 Å². The van der Waals surface area contributed by atoms with Crippen LogP contribution in [0.25, 0.3) is 0 Å². The molecule has 550 valence electrons. The molecule has 25 N–H and O–H groups in total. The lowest BCUT2D eigenvalue weighted by Crippen LogP contribution is -2.62. The number of nitrogens with zero attached hydrogens (tertiary/aromatic N) is 2. The van der Waals surface area contributed by atoms with Crippen LogP contribution in [-0.2, 0) is 83.1 Å². The lowest BCUT2D eigenvalue weighted by Gasteiger charge is -2.32. The van der Waals surface area contributed by atoms with Crippen molar-refractivity contribution in [3.63, 3.8) is 0 Å². The average molecular weight is 1430 g/mol. The van der Waals surface area contributed by atoms with E-state index in [4.69, 9.17) is 22.9 Å². The summed E-state index contributed by atoms with van der Waals surface area (Å²) in [6.45, 7) is 2.70. The number of carboxylic acids is 1. The number of carboxylic acid groups (broad SMARTS) is 1. The Morgan fingerprint density at radius 1 is 0.643 bits per heavy atom. The van der Waals surface area contributed by atoms with Gasteiger partial charge in [0.15, 0.2) is 0 Å². The normalized spacial score (nSPS) is 16.3. The second-order valence-electron chi connectivity index (χ2n) is 23.3. The third kappa shape index (κ3) is 30.3. The number of unbranched alkanes of at least 4 members (excludes halogenated alkanes) is 1. The van der Waals surface area contributed by atoms with Gasteiger partial charge in [0, 0.05) is 37.0 Å². The molecule has 1 fully saturated rings. The number of carbonyl (C=O) groups excluding carboxylic acids is 15. The number of nitrogens with two attached hydrogens (primary N) is 4. The summed E-state index contributed by atoms with van der Waals surface area (Å²) in [5, 5.41) is 68.0. The van der Waals surface area contributed by atoms with Crippen LogP contribution in [0.15, 0.2) is 12.5 Å². The molecule has 0 saturated carbocycles. The van der Waals surface area contributed by atoms with Crippen LogP contribution in [0.3, 0.4) is 0 Å². The number of aliphatic hydroxyl groups excluding tert-OH is 3. The van der Waals surface area contributed by atoms with E-state index < -0.39 is 225 Å². The highest BCUT2D eigenvalue weighted by Crippen LogP contribution is 2.21. The number of thiol groups is 1. The topological polar surface area (TPSA) is 634 Å². The minimum Gasteiger partial charge on any atom is -0.480 e. The molecule has 0 spiro atoms. The van der Waals surface area contributed by atoms with Crippen molar-refractivity contribution in [1.29, 1.82) is 0 Å². The maximum atomic E-state index is 14.3. The van der Waals surface area contributed by atoms with E-state index in [1.54, 1.807) is 20.1 Å². The molecule has 98 heavy (non-hydrogen) atoms. The number of carbonyl (C=O) groups is 16. The average Bonchev–Trinajstić information content (AvgIpc) is 1.59. The lowest BCUT2D eigenvalue weighted by atomic mass is 10.0. The van der Waals surface area contributed by atoms with Crippen LogP contribution in [0.1, 0.15) is 97.6 Å². The van der Waals surface area contributed by atoms with Crippen molar-refractivity contribution in [2.45, 2.75) is 177 Å². The molecule has 1 aromatic rings. The van der Waals surface area contributed by atoms with Crippen molar-refractivity contribution in [1.82, 2.24) is 78.7 Å². The van der Waals surface area contributed by atoms with Gasteiger partial charge >= 0.3 is 5.97 Å². The molecule has 0 bridgehead atoms. The molecular formula is C57H95N19O20S2. The van der Waals surface area contributed by atoms with Crippen LogP contribution >= 0.6 is 24.4 Å². The number of thioether (sulfide) groups is 1. The molecular weight excluding hydrogens is 1330 g/mol. The van der Waals surface area contributed by atoms with Crippen LogP contribution in [0.5, 0.6) is 0 Å². The number of aliphatic carboxylic acids is 1. The van der Waals surface area contributed by atoms with E-state index in [-0.39, 0.29) is 64.0 Å². The van der Waals surface area contributed by atoms with Crippen LogP contribution in [-0.4, -0.2) is 266 Å². The van der Waals surface area contributed by atoms with Gasteiger partial charge in [-0.2, -0.15) is 24.4 Å². The van der Waals surface area contributed by atoms with Crippen molar-refractivity contribution in [2.24, 2.45) is 28.9 Å². The number of hydrogen-bond acceptors (Lipinski definition) is 24. The van der Waals surface area contributed by atoms with Gasteiger partial charge in [0.1, 0.15) is 72.5 Å². The third-order valence-electron chi connectivity index (χ3n) is 14.8. The lowest BCUT2D eigenvalue weighted by molar-refractivity contribution is -0.144. The number of amides is 15. The summed E-state index contributed by atoms with van der Waals surface area (Å²) < 4.78 is 0. The monoisotopic (exact) mass is 1430 g/mol. The van der Waals surface area contributed by atoms with Crippen molar-refractivity contribution < 1.29 is 97.1 Å². The first-order valence-corrected chi connectivity index (χ1v) is 33.3. The summed E-state index contributed by atoms with van der Waals surface area (Å²) in [6.07, 6.45) is 1.61. The molecule has 0 aromatic carbocycles. The number of rotatable bonds is 46. The van der Waals surface area contributed by atoms with Gasteiger partial charge < -0.3 is 117 Å².